The number of piperidine rings is 2. The molecule has 6 nitrogen and oxygen atoms in total. The molecule has 2 saturated heterocycles. The van der Waals surface area contributed by atoms with Gasteiger partial charge < -0.3 is 20.1 Å². The first kappa shape index (κ1) is 20.7. The molecule has 2 aliphatic rings. The molecule has 6 heteroatoms. The Morgan fingerprint density at radius 2 is 1.04 bits per heavy atom. The van der Waals surface area contributed by atoms with E-state index in [0.717, 1.165) is 51.9 Å². The lowest BCUT2D eigenvalue weighted by molar-refractivity contribution is -0.666. The fourth-order valence-electron chi connectivity index (χ4n) is 4.04. The van der Waals surface area contributed by atoms with Crippen molar-refractivity contribution in [3.63, 3.8) is 0 Å². The van der Waals surface area contributed by atoms with Crippen LogP contribution in [0, 0.1) is 23.7 Å². The molecule has 146 valence electrons. The van der Waals surface area contributed by atoms with Crippen molar-refractivity contribution in [3.8, 4) is 11.8 Å². The van der Waals surface area contributed by atoms with Crippen LogP contribution in [0.3, 0.4) is 0 Å². The first-order valence-electron chi connectivity index (χ1n) is 9.82. The Morgan fingerprint density at radius 1 is 0.731 bits per heavy atom. The zero-order valence-electron chi connectivity index (χ0n) is 16.6. The van der Waals surface area contributed by atoms with Gasteiger partial charge in [0.1, 0.15) is 11.2 Å². The summed E-state index contributed by atoms with van der Waals surface area (Å²) in [6, 6.07) is 0. The van der Waals surface area contributed by atoms with E-state index < -0.39 is 23.1 Å². The van der Waals surface area contributed by atoms with E-state index in [1.165, 1.54) is 0 Å². The quantitative estimate of drug-likeness (QED) is 0.402. The fourth-order valence-corrected chi connectivity index (χ4v) is 4.04. The molecule has 0 unspecified atom stereocenters. The SMILES string of the molecule is CC(C)(OC(=O)C#CC(=O)OC(C)(C)C1CC[NH2+]CC1)C1CC[NH2+]CC1. The van der Waals surface area contributed by atoms with Crippen LogP contribution in [0.4, 0.5) is 0 Å². The Hall–Kier alpha value is -1.58. The Labute approximate surface area is 156 Å². The average Bonchev–Trinajstić information content (AvgIpc) is 2.61. The van der Waals surface area contributed by atoms with Gasteiger partial charge in [-0.2, -0.15) is 0 Å². The van der Waals surface area contributed by atoms with Gasteiger partial charge in [-0.3, -0.25) is 0 Å². The van der Waals surface area contributed by atoms with Gasteiger partial charge in [0.2, 0.25) is 0 Å². The van der Waals surface area contributed by atoms with Crippen LogP contribution in [-0.4, -0.2) is 49.3 Å². The number of hydrogen-bond donors (Lipinski definition) is 2. The smallest absolute Gasteiger partial charge is 0.385 e. The lowest BCUT2D eigenvalue weighted by atomic mass is 9.83. The van der Waals surface area contributed by atoms with Crippen LogP contribution < -0.4 is 10.6 Å². The lowest BCUT2D eigenvalue weighted by Gasteiger charge is -2.35. The predicted octanol–water partition coefficient (Wildman–Crippen LogP) is -0.420. The minimum Gasteiger partial charge on any atom is -0.450 e. The van der Waals surface area contributed by atoms with E-state index in [1.807, 2.05) is 27.7 Å². The summed E-state index contributed by atoms with van der Waals surface area (Å²) in [5.41, 5.74) is -1.14. The van der Waals surface area contributed by atoms with Gasteiger partial charge >= 0.3 is 11.9 Å². The second-order valence-corrected chi connectivity index (χ2v) is 8.52. The van der Waals surface area contributed by atoms with Crippen molar-refractivity contribution < 1.29 is 29.7 Å². The molecule has 0 aliphatic carbocycles. The van der Waals surface area contributed by atoms with Crippen LogP contribution in [-0.2, 0) is 19.1 Å². The maximum atomic E-state index is 12.1. The van der Waals surface area contributed by atoms with Gasteiger partial charge in [-0.1, -0.05) is 0 Å². The summed E-state index contributed by atoms with van der Waals surface area (Å²) >= 11 is 0. The summed E-state index contributed by atoms with van der Waals surface area (Å²) in [5, 5.41) is 4.55. The highest BCUT2D eigenvalue weighted by Gasteiger charge is 2.36. The highest BCUT2D eigenvalue weighted by atomic mass is 16.6. The molecule has 26 heavy (non-hydrogen) atoms. The largest absolute Gasteiger partial charge is 0.450 e. The van der Waals surface area contributed by atoms with E-state index in [0.29, 0.717) is 11.8 Å². The summed E-state index contributed by atoms with van der Waals surface area (Å²) in [4.78, 5) is 24.1. The van der Waals surface area contributed by atoms with Crippen molar-refractivity contribution in [3.05, 3.63) is 0 Å². The number of hydrogen-bond acceptors (Lipinski definition) is 4. The molecule has 4 N–H and O–H groups in total. The number of carbonyl (C=O) groups excluding carboxylic acids is 2. The number of ether oxygens (including phenoxy) is 2. The van der Waals surface area contributed by atoms with Gasteiger partial charge in [-0.25, -0.2) is 9.59 Å². The van der Waals surface area contributed by atoms with E-state index >= 15 is 0 Å². The molecule has 0 atom stereocenters. The summed E-state index contributed by atoms with van der Waals surface area (Å²) in [5.74, 6) is 3.94. The number of quaternary nitrogens is 2. The third-order valence-electron chi connectivity index (χ3n) is 5.82. The second kappa shape index (κ2) is 8.88. The van der Waals surface area contributed by atoms with Gasteiger partial charge in [-0.05, 0) is 27.7 Å². The number of rotatable bonds is 4. The monoisotopic (exact) mass is 366 g/mol. The van der Waals surface area contributed by atoms with Crippen molar-refractivity contribution in [2.75, 3.05) is 26.2 Å². The highest BCUT2D eigenvalue weighted by Crippen LogP contribution is 2.28. The van der Waals surface area contributed by atoms with Gasteiger partial charge in [0.05, 0.1) is 26.2 Å². The third kappa shape index (κ3) is 6.00. The highest BCUT2D eigenvalue weighted by molar-refractivity contribution is 5.98. The molecular formula is C20H34N2O4+2. The predicted molar refractivity (Wildman–Crippen MR) is 96.9 cm³/mol. The van der Waals surface area contributed by atoms with E-state index in [4.69, 9.17) is 9.47 Å². The molecule has 0 bridgehead atoms. The van der Waals surface area contributed by atoms with Gasteiger partial charge in [0, 0.05) is 49.4 Å². The molecular weight excluding hydrogens is 332 g/mol. The van der Waals surface area contributed by atoms with E-state index in [9.17, 15) is 9.59 Å². The number of esters is 2. The standard InChI is InChI=1S/C20H32N2O4/c1-19(2,15-7-11-21-12-8-15)25-17(23)5-6-18(24)26-20(3,4)16-9-13-22-14-10-16/h15-16,21-22H,7-14H2,1-4H3/p+2. The van der Waals surface area contributed by atoms with E-state index in [-0.39, 0.29) is 0 Å². The van der Waals surface area contributed by atoms with E-state index in [2.05, 4.69) is 22.5 Å². The Kier molecular flexibility index (Phi) is 7.08. The second-order valence-electron chi connectivity index (χ2n) is 8.52. The van der Waals surface area contributed by atoms with Gasteiger partial charge in [0.15, 0.2) is 0 Å². The molecule has 2 aliphatic heterocycles. The molecule has 0 spiro atoms. The minimum absolute atomic E-state index is 0.326. The van der Waals surface area contributed by atoms with E-state index in [1.54, 1.807) is 0 Å². The first-order chi connectivity index (χ1) is 12.2. The van der Waals surface area contributed by atoms with Crippen LogP contribution in [0.2, 0.25) is 0 Å². The molecule has 2 rings (SSSR count). The summed E-state index contributed by atoms with van der Waals surface area (Å²) < 4.78 is 11.1. The Bertz CT molecular complexity index is 514. The van der Waals surface area contributed by atoms with Gasteiger partial charge in [-0.15, -0.1) is 0 Å². The first-order valence-corrected chi connectivity index (χ1v) is 9.82. The maximum Gasteiger partial charge on any atom is 0.385 e. The molecule has 0 aromatic carbocycles. The Balaban J connectivity index is 1.86. The summed E-state index contributed by atoms with van der Waals surface area (Å²) in [6.07, 6.45) is 4.07. The summed E-state index contributed by atoms with van der Waals surface area (Å²) in [7, 11) is 0. The zero-order valence-corrected chi connectivity index (χ0v) is 16.6. The number of nitrogens with two attached hydrogens (primary N) is 2. The van der Waals surface area contributed by atoms with Crippen LogP contribution in [0.25, 0.3) is 0 Å². The molecule has 0 radical (unpaired) electrons. The molecule has 0 aromatic rings. The van der Waals surface area contributed by atoms with Crippen LogP contribution in [0.5, 0.6) is 0 Å². The molecule has 0 amide bonds. The van der Waals surface area contributed by atoms with Crippen molar-refractivity contribution in [2.45, 2.75) is 64.6 Å². The Morgan fingerprint density at radius 3 is 1.35 bits per heavy atom. The van der Waals surface area contributed by atoms with Crippen LogP contribution in [0.15, 0.2) is 0 Å². The topological polar surface area (TPSA) is 85.8 Å². The maximum absolute atomic E-state index is 12.1. The zero-order chi connectivity index (χ0) is 19.2. The minimum atomic E-state index is -0.661. The van der Waals surface area contributed by atoms with Gasteiger partial charge in [0.25, 0.3) is 0 Å². The van der Waals surface area contributed by atoms with Crippen LogP contribution in [0.1, 0.15) is 53.4 Å². The normalized spacial score (nSPS) is 20.0. The number of carbonyl (C=O) groups is 2. The lowest BCUT2D eigenvalue weighted by Crippen LogP contribution is -2.86. The molecule has 2 heterocycles. The van der Waals surface area contributed by atoms with Crippen LogP contribution >= 0.6 is 0 Å². The fraction of sp³-hybridized carbons (Fsp3) is 0.800. The molecule has 2 fully saturated rings. The third-order valence-corrected chi connectivity index (χ3v) is 5.82. The van der Waals surface area contributed by atoms with Crippen molar-refractivity contribution in [2.24, 2.45) is 11.8 Å². The molecule has 0 aromatic heterocycles. The average molecular weight is 367 g/mol. The van der Waals surface area contributed by atoms with Crippen molar-refractivity contribution >= 4 is 11.9 Å². The van der Waals surface area contributed by atoms with Crippen molar-refractivity contribution in [1.29, 1.82) is 0 Å². The molecule has 0 saturated carbocycles. The summed E-state index contributed by atoms with van der Waals surface area (Å²) in [6.45, 7) is 11.9. The van der Waals surface area contributed by atoms with Crippen molar-refractivity contribution in [1.82, 2.24) is 0 Å².